The Bertz CT molecular complexity index is 412. The van der Waals surface area contributed by atoms with Crippen LogP contribution in [0.4, 0.5) is 5.69 Å². The number of amides is 1. The monoisotopic (exact) mass is 202 g/mol. The summed E-state index contributed by atoms with van der Waals surface area (Å²) in [5, 5.41) is 0. The zero-order valence-corrected chi connectivity index (χ0v) is 8.52. The van der Waals surface area contributed by atoms with Crippen LogP contribution in [0.1, 0.15) is 24.4 Å². The van der Waals surface area contributed by atoms with Crippen LogP contribution in [0.15, 0.2) is 24.3 Å². The second-order valence-corrected chi connectivity index (χ2v) is 4.43. The third-order valence-corrected chi connectivity index (χ3v) is 3.23. The highest BCUT2D eigenvalue weighted by atomic mass is 16.2. The predicted molar refractivity (Wildman–Crippen MR) is 58.4 cm³/mol. The number of nitrogens with zero attached hydrogens (tertiary/aromatic N) is 1. The first kappa shape index (κ1) is 8.92. The van der Waals surface area contributed by atoms with Crippen LogP contribution in [-0.2, 0) is 4.79 Å². The fraction of sp³-hybridized carbons (Fsp3) is 0.417. The fourth-order valence-corrected chi connectivity index (χ4v) is 2.16. The summed E-state index contributed by atoms with van der Waals surface area (Å²) in [6.45, 7) is 0.851. The molecule has 3 rings (SSSR count). The van der Waals surface area contributed by atoms with Crippen molar-refractivity contribution in [1.29, 1.82) is 0 Å². The van der Waals surface area contributed by atoms with Gasteiger partial charge in [0.05, 0.1) is 0 Å². The summed E-state index contributed by atoms with van der Waals surface area (Å²) >= 11 is 0. The first-order valence-electron chi connectivity index (χ1n) is 5.43. The summed E-state index contributed by atoms with van der Waals surface area (Å²) in [7, 11) is 0. The second kappa shape index (κ2) is 3.07. The van der Waals surface area contributed by atoms with E-state index in [-0.39, 0.29) is 5.91 Å². The number of nitrogens with two attached hydrogens (primary N) is 1. The fourth-order valence-electron chi connectivity index (χ4n) is 2.16. The van der Waals surface area contributed by atoms with Crippen molar-refractivity contribution in [2.75, 3.05) is 11.4 Å². The highest BCUT2D eigenvalue weighted by Gasteiger charge is 2.37. The second-order valence-electron chi connectivity index (χ2n) is 4.43. The molecule has 0 radical (unpaired) electrons. The maximum absolute atomic E-state index is 11.9. The zero-order valence-electron chi connectivity index (χ0n) is 8.52. The molecule has 1 amide bonds. The normalized spacial score (nSPS) is 24.5. The van der Waals surface area contributed by atoms with Gasteiger partial charge in [0.1, 0.15) is 6.04 Å². The molecule has 2 aliphatic rings. The van der Waals surface area contributed by atoms with Crippen molar-refractivity contribution in [3.8, 4) is 0 Å². The number of anilines is 1. The van der Waals surface area contributed by atoms with Gasteiger partial charge in [-0.05, 0) is 24.8 Å². The van der Waals surface area contributed by atoms with E-state index < -0.39 is 6.04 Å². The van der Waals surface area contributed by atoms with Crippen molar-refractivity contribution in [1.82, 2.24) is 0 Å². The lowest BCUT2D eigenvalue weighted by molar-refractivity contribution is -0.119. The molecule has 0 aromatic heterocycles. The molecule has 3 heteroatoms. The highest BCUT2D eigenvalue weighted by Crippen LogP contribution is 2.38. The summed E-state index contributed by atoms with van der Waals surface area (Å²) < 4.78 is 0. The minimum Gasteiger partial charge on any atom is -0.316 e. The summed E-state index contributed by atoms with van der Waals surface area (Å²) in [5.41, 5.74) is 7.88. The maximum atomic E-state index is 11.9. The van der Waals surface area contributed by atoms with Crippen LogP contribution >= 0.6 is 0 Å². The Hall–Kier alpha value is -1.35. The molecule has 1 atom stereocenters. The van der Waals surface area contributed by atoms with Gasteiger partial charge < -0.3 is 10.6 Å². The molecule has 1 aromatic carbocycles. The molecule has 2 N–H and O–H groups in total. The molecular weight excluding hydrogens is 188 g/mol. The largest absolute Gasteiger partial charge is 0.316 e. The van der Waals surface area contributed by atoms with Gasteiger partial charge in [0.25, 0.3) is 0 Å². The predicted octanol–water partition coefficient (Wildman–Crippen LogP) is 1.44. The van der Waals surface area contributed by atoms with Gasteiger partial charge in [-0.1, -0.05) is 18.2 Å². The van der Waals surface area contributed by atoms with Crippen LogP contribution in [0.5, 0.6) is 0 Å². The molecule has 0 unspecified atom stereocenters. The summed E-state index contributed by atoms with van der Waals surface area (Å²) in [4.78, 5) is 13.8. The van der Waals surface area contributed by atoms with Crippen molar-refractivity contribution >= 4 is 11.6 Å². The molecule has 0 saturated heterocycles. The van der Waals surface area contributed by atoms with Crippen LogP contribution in [-0.4, -0.2) is 12.5 Å². The van der Waals surface area contributed by atoms with Gasteiger partial charge in [0, 0.05) is 17.8 Å². The topological polar surface area (TPSA) is 46.3 Å². The van der Waals surface area contributed by atoms with Crippen molar-refractivity contribution in [3.05, 3.63) is 29.8 Å². The SMILES string of the molecule is N[C@H]1C(=O)N(CC2CC2)c2ccccc21. The lowest BCUT2D eigenvalue weighted by Crippen LogP contribution is -2.33. The molecule has 0 spiro atoms. The number of carbonyl (C=O) groups excluding carboxylic acids is 1. The minimum absolute atomic E-state index is 0.0584. The van der Waals surface area contributed by atoms with Crippen LogP contribution in [0.2, 0.25) is 0 Å². The van der Waals surface area contributed by atoms with E-state index in [0.29, 0.717) is 5.92 Å². The minimum atomic E-state index is -0.444. The molecule has 1 heterocycles. The molecule has 1 fully saturated rings. The van der Waals surface area contributed by atoms with Gasteiger partial charge in [0.15, 0.2) is 0 Å². The quantitative estimate of drug-likeness (QED) is 0.788. The Morgan fingerprint density at radius 1 is 1.33 bits per heavy atom. The van der Waals surface area contributed by atoms with Gasteiger partial charge >= 0.3 is 0 Å². The van der Waals surface area contributed by atoms with E-state index in [4.69, 9.17) is 5.73 Å². The first-order valence-corrected chi connectivity index (χ1v) is 5.43. The Kier molecular flexibility index (Phi) is 1.83. The number of carbonyl (C=O) groups is 1. The molecule has 1 aliphatic heterocycles. The lowest BCUT2D eigenvalue weighted by Gasteiger charge is -2.16. The molecule has 78 valence electrons. The number of fused-ring (bicyclic) bond motifs is 1. The van der Waals surface area contributed by atoms with E-state index >= 15 is 0 Å². The third kappa shape index (κ3) is 1.35. The summed E-state index contributed by atoms with van der Waals surface area (Å²) in [6, 6.07) is 7.39. The van der Waals surface area contributed by atoms with E-state index in [1.54, 1.807) is 0 Å². The molecule has 15 heavy (non-hydrogen) atoms. The average molecular weight is 202 g/mol. The number of hydrogen-bond acceptors (Lipinski definition) is 2. The number of hydrogen-bond donors (Lipinski definition) is 1. The van der Waals surface area contributed by atoms with E-state index in [2.05, 4.69) is 0 Å². The van der Waals surface area contributed by atoms with Crippen LogP contribution in [0, 0.1) is 5.92 Å². The molecule has 0 bridgehead atoms. The van der Waals surface area contributed by atoms with Gasteiger partial charge in [-0.3, -0.25) is 4.79 Å². The van der Waals surface area contributed by atoms with Gasteiger partial charge in [0.2, 0.25) is 5.91 Å². The Balaban J connectivity index is 1.97. The Morgan fingerprint density at radius 3 is 2.80 bits per heavy atom. The highest BCUT2D eigenvalue weighted by molar-refractivity contribution is 6.04. The smallest absolute Gasteiger partial charge is 0.248 e. The van der Waals surface area contributed by atoms with Crippen LogP contribution in [0.3, 0.4) is 0 Å². The first-order chi connectivity index (χ1) is 7.27. The van der Waals surface area contributed by atoms with Crippen molar-refractivity contribution in [3.63, 3.8) is 0 Å². The van der Waals surface area contributed by atoms with E-state index in [9.17, 15) is 4.79 Å². The van der Waals surface area contributed by atoms with E-state index in [1.165, 1.54) is 12.8 Å². The van der Waals surface area contributed by atoms with E-state index in [1.807, 2.05) is 29.2 Å². The molecule has 1 saturated carbocycles. The number of benzene rings is 1. The zero-order chi connectivity index (χ0) is 10.4. The van der Waals surface area contributed by atoms with Crippen LogP contribution < -0.4 is 10.6 Å². The standard InChI is InChI=1S/C12H14N2O/c13-11-9-3-1-2-4-10(9)14(12(11)15)7-8-5-6-8/h1-4,8,11H,5-7,13H2/t11-/m1/s1. The van der Waals surface area contributed by atoms with Crippen molar-refractivity contribution in [2.45, 2.75) is 18.9 Å². The average Bonchev–Trinajstić information content (AvgIpc) is 3.04. The molecular formula is C12H14N2O. The Labute approximate surface area is 88.9 Å². The number of para-hydroxylation sites is 1. The van der Waals surface area contributed by atoms with Crippen LogP contribution in [0.25, 0.3) is 0 Å². The summed E-state index contributed by atoms with van der Waals surface area (Å²) in [5.74, 6) is 0.760. The third-order valence-electron chi connectivity index (χ3n) is 3.23. The molecule has 1 aliphatic carbocycles. The van der Waals surface area contributed by atoms with Gasteiger partial charge in [-0.25, -0.2) is 0 Å². The maximum Gasteiger partial charge on any atom is 0.248 e. The summed E-state index contributed by atoms with van der Waals surface area (Å²) in [6.07, 6.45) is 2.50. The molecule has 3 nitrogen and oxygen atoms in total. The van der Waals surface area contributed by atoms with Gasteiger partial charge in [-0.2, -0.15) is 0 Å². The van der Waals surface area contributed by atoms with Crippen molar-refractivity contribution in [2.24, 2.45) is 11.7 Å². The molecule has 1 aromatic rings. The van der Waals surface area contributed by atoms with Gasteiger partial charge in [-0.15, -0.1) is 0 Å². The van der Waals surface area contributed by atoms with Crippen molar-refractivity contribution < 1.29 is 4.79 Å². The lowest BCUT2D eigenvalue weighted by atomic mass is 10.1. The number of rotatable bonds is 2. The van der Waals surface area contributed by atoms with E-state index in [0.717, 1.165) is 17.8 Å². The Morgan fingerprint density at radius 2 is 2.07 bits per heavy atom.